The Bertz CT molecular complexity index is 726. The fourth-order valence-electron chi connectivity index (χ4n) is 4.38. The third-order valence-corrected chi connectivity index (χ3v) is 6.83. The van der Waals surface area contributed by atoms with Gasteiger partial charge in [-0.1, -0.05) is 42.3 Å². The molecule has 2 heterocycles. The quantitative estimate of drug-likeness (QED) is 0.714. The van der Waals surface area contributed by atoms with E-state index in [2.05, 4.69) is 57.5 Å². The average molecular weight is 384 g/mol. The van der Waals surface area contributed by atoms with Crippen molar-refractivity contribution >= 4 is 18.2 Å². The second-order valence-corrected chi connectivity index (χ2v) is 8.57. The topological polar surface area (TPSA) is 47.9 Å². The molecule has 1 fully saturated rings. The molecular weight excluding hydrogens is 354 g/mol. The summed E-state index contributed by atoms with van der Waals surface area (Å²) in [5.41, 5.74) is 3.68. The van der Waals surface area contributed by atoms with Crippen LogP contribution >= 0.6 is 11.9 Å². The van der Waals surface area contributed by atoms with Gasteiger partial charge in [-0.05, 0) is 42.7 Å². The van der Waals surface area contributed by atoms with Crippen LogP contribution in [-0.2, 0) is 0 Å². The first-order chi connectivity index (χ1) is 13.3. The minimum absolute atomic E-state index is 0.113. The van der Waals surface area contributed by atoms with Crippen molar-refractivity contribution in [3.8, 4) is 0 Å². The lowest BCUT2D eigenvalue weighted by molar-refractivity contribution is 0.315. The molecule has 2 aliphatic carbocycles. The van der Waals surface area contributed by atoms with Crippen LogP contribution in [0.15, 0.2) is 64.5 Å². The highest BCUT2D eigenvalue weighted by Gasteiger charge is 2.30. The number of aliphatic hydroxyl groups is 1. The smallest absolute Gasteiger partial charge is 0.0678 e. The van der Waals surface area contributed by atoms with Crippen LogP contribution in [0.5, 0.6) is 0 Å². The highest BCUT2D eigenvalue weighted by molar-refractivity contribution is 7.96. The van der Waals surface area contributed by atoms with E-state index in [-0.39, 0.29) is 6.61 Å². The summed E-state index contributed by atoms with van der Waals surface area (Å²) in [7, 11) is 0. The van der Waals surface area contributed by atoms with Crippen molar-refractivity contribution < 1.29 is 5.11 Å². The molecule has 5 heteroatoms. The molecule has 0 aromatic heterocycles. The molecule has 4 aliphatic rings. The van der Waals surface area contributed by atoms with Gasteiger partial charge in [-0.25, -0.2) is 0 Å². The van der Waals surface area contributed by atoms with Crippen LogP contribution < -0.4 is 5.32 Å². The Hall–Kier alpha value is -1.56. The molecule has 0 aromatic carbocycles. The van der Waals surface area contributed by atoms with Gasteiger partial charge in [0.25, 0.3) is 0 Å². The second kappa shape index (κ2) is 8.63. The van der Waals surface area contributed by atoms with Gasteiger partial charge >= 0.3 is 0 Å². The lowest BCUT2D eigenvalue weighted by atomic mass is 9.77. The van der Waals surface area contributed by atoms with E-state index in [1.807, 2.05) is 24.2 Å². The van der Waals surface area contributed by atoms with E-state index in [1.54, 1.807) is 0 Å². The van der Waals surface area contributed by atoms with Gasteiger partial charge in [0.05, 0.1) is 6.61 Å². The number of nitrogens with zero attached hydrogens (tertiary/aromatic N) is 2. The van der Waals surface area contributed by atoms with Crippen LogP contribution in [0.4, 0.5) is 0 Å². The van der Waals surface area contributed by atoms with Gasteiger partial charge in [0.1, 0.15) is 0 Å². The summed E-state index contributed by atoms with van der Waals surface area (Å²) >= 11 is 1.85. The molecular formula is C22H29N3OS. The van der Waals surface area contributed by atoms with Crippen molar-refractivity contribution in [2.75, 3.05) is 26.0 Å². The number of allylic oxidation sites excluding steroid dienone is 7. The summed E-state index contributed by atoms with van der Waals surface area (Å²) in [6.07, 6.45) is 22.9. The SMILES string of the molecule is CSN1CCC(NC2=CC(C3C=C(CO)C=CC3)=CC3C=CN=CC23)CC1. The van der Waals surface area contributed by atoms with E-state index >= 15 is 0 Å². The Labute approximate surface area is 166 Å². The zero-order chi connectivity index (χ0) is 18.6. The number of aliphatic hydroxyl groups excluding tert-OH is 1. The standard InChI is InChI=1S/C22H29N3OS/c1-27-25-9-6-20(7-10-25)24-22-13-19(12-18-5-8-23-14-21(18)22)17-4-2-3-16(11-17)15-26/h2-3,5,8,11-14,17-18,20-21,24,26H,4,6-7,9-10,15H2,1H3. The zero-order valence-electron chi connectivity index (χ0n) is 15.9. The van der Waals surface area contributed by atoms with Crippen molar-refractivity contribution in [1.82, 2.24) is 9.62 Å². The average Bonchev–Trinajstić information content (AvgIpc) is 2.74. The number of fused-ring (bicyclic) bond motifs is 1. The largest absolute Gasteiger partial charge is 0.392 e. The first-order valence-corrected chi connectivity index (χ1v) is 11.1. The summed E-state index contributed by atoms with van der Waals surface area (Å²) < 4.78 is 2.45. The third-order valence-electron chi connectivity index (χ3n) is 5.95. The van der Waals surface area contributed by atoms with Gasteiger partial charge < -0.3 is 10.4 Å². The maximum absolute atomic E-state index is 9.50. The van der Waals surface area contributed by atoms with Gasteiger partial charge in [-0.2, -0.15) is 0 Å². The normalized spacial score (nSPS) is 31.2. The van der Waals surface area contributed by atoms with Crippen LogP contribution in [0.1, 0.15) is 19.3 Å². The van der Waals surface area contributed by atoms with Gasteiger partial charge in [-0.3, -0.25) is 9.30 Å². The maximum atomic E-state index is 9.50. The van der Waals surface area contributed by atoms with Crippen molar-refractivity contribution in [3.63, 3.8) is 0 Å². The number of hydrogen-bond acceptors (Lipinski definition) is 5. The van der Waals surface area contributed by atoms with E-state index in [9.17, 15) is 5.11 Å². The molecule has 0 spiro atoms. The maximum Gasteiger partial charge on any atom is 0.0678 e. The van der Waals surface area contributed by atoms with Gasteiger partial charge in [0.2, 0.25) is 0 Å². The van der Waals surface area contributed by atoms with Crippen LogP contribution in [0.2, 0.25) is 0 Å². The molecule has 2 N–H and O–H groups in total. The summed E-state index contributed by atoms with van der Waals surface area (Å²) in [6.45, 7) is 2.40. The summed E-state index contributed by atoms with van der Waals surface area (Å²) in [5, 5.41) is 13.4. The predicted molar refractivity (Wildman–Crippen MR) is 114 cm³/mol. The van der Waals surface area contributed by atoms with E-state index in [0.29, 0.717) is 23.8 Å². The monoisotopic (exact) mass is 383 g/mol. The second-order valence-electron chi connectivity index (χ2n) is 7.68. The number of piperidine rings is 1. The molecule has 144 valence electrons. The molecule has 0 aromatic rings. The summed E-state index contributed by atoms with van der Waals surface area (Å²) in [4.78, 5) is 4.41. The lowest BCUT2D eigenvalue weighted by Crippen LogP contribution is -2.42. The molecule has 4 rings (SSSR count). The van der Waals surface area contributed by atoms with Crippen molar-refractivity contribution in [1.29, 1.82) is 0 Å². The van der Waals surface area contributed by atoms with Gasteiger partial charge in [0.15, 0.2) is 0 Å². The predicted octanol–water partition coefficient (Wildman–Crippen LogP) is 3.47. The molecule has 27 heavy (non-hydrogen) atoms. The minimum Gasteiger partial charge on any atom is -0.392 e. The molecule has 0 saturated carbocycles. The Balaban J connectivity index is 1.53. The minimum atomic E-state index is 0.113. The Morgan fingerprint density at radius 3 is 2.93 bits per heavy atom. The van der Waals surface area contributed by atoms with E-state index < -0.39 is 0 Å². The van der Waals surface area contributed by atoms with E-state index in [4.69, 9.17) is 0 Å². The molecule has 0 radical (unpaired) electrons. The van der Waals surface area contributed by atoms with Gasteiger partial charge in [0, 0.05) is 55.0 Å². The highest BCUT2D eigenvalue weighted by atomic mass is 32.2. The molecule has 4 nitrogen and oxygen atoms in total. The molecule has 2 aliphatic heterocycles. The highest BCUT2D eigenvalue weighted by Crippen LogP contribution is 2.36. The van der Waals surface area contributed by atoms with E-state index in [0.717, 1.165) is 25.1 Å². The van der Waals surface area contributed by atoms with E-state index in [1.165, 1.54) is 24.1 Å². The van der Waals surface area contributed by atoms with Crippen LogP contribution in [0.25, 0.3) is 0 Å². The van der Waals surface area contributed by atoms with Gasteiger partial charge in [-0.15, -0.1) is 0 Å². The van der Waals surface area contributed by atoms with Crippen molar-refractivity contribution in [2.45, 2.75) is 25.3 Å². The first-order valence-electron chi connectivity index (χ1n) is 9.94. The van der Waals surface area contributed by atoms with Crippen molar-refractivity contribution in [3.05, 3.63) is 59.5 Å². The number of nitrogens with one attached hydrogen (secondary N) is 1. The van der Waals surface area contributed by atoms with Crippen LogP contribution in [0, 0.1) is 17.8 Å². The Morgan fingerprint density at radius 2 is 2.15 bits per heavy atom. The summed E-state index contributed by atoms with van der Waals surface area (Å²) in [5.74, 6) is 1.03. The molecule has 3 unspecified atom stereocenters. The van der Waals surface area contributed by atoms with Crippen LogP contribution in [-0.4, -0.2) is 47.6 Å². The fourth-order valence-corrected chi connectivity index (χ4v) is 4.95. The van der Waals surface area contributed by atoms with Crippen LogP contribution in [0.3, 0.4) is 0 Å². The Morgan fingerprint density at radius 1 is 1.30 bits per heavy atom. The lowest BCUT2D eigenvalue weighted by Gasteiger charge is -2.36. The Kier molecular flexibility index (Phi) is 6.01. The molecule has 1 saturated heterocycles. The zero-order valence-corrected chi connectivity index (χ0v) is 16.7. The molecule has 0 bridgehead atoms. The third kappa shape index (κ3) is 4.31. The number of hydrogen-bond donors (Lipinski definition) is 2. The van der Waals surface area contributed by atoms with Crippen molar-refractivity contribution in [2.24, 2.45) is 22.7 Å². The number of rotatable bonds is 5. The number of aliphatic imine (C=N–C) groups is 1. The summed E-state index contributed by atoms with van der Waals surface area (Å²) in [6, 6.07) is 0.536. The molecule has 0 amide bonds. The first kappa shape index (κ1) is 18.8. The molecule has 3 atom stereocenters. The fraction of sp³-hybridized carbons (Fsp3) is 0.500.